The van der Waals surface area contributed by atoms with Crippen molar-refractivity contribution in [1.29, 1.82) is 0 Å². The molecule has 2 aromatic carbocycles. The van der Waals surface area contributed by atoms with Crippen LogP contribution < -0.4 is 5.32 Å². The SMILES string of the molecule is CC(=O)NC1C(=O)N2C(C(=O)OC(c3ccccc3)c3ccccc3)=C(C=Cc3ccc([N+](=O)[O-])s3)CS[C@H]12. The van der Waals surface area contributed by atoms with E-state index >= 15 is 0 Å². The highest BCUT2D eigenvalue weighted by atomic mass is 32.2. The molecule has 2 aliphatic rings. The van der Waals surface area contributed by atoms with E-state index in [0.717, 1.165) is 22.5 Å². The molecule has 0 saturated carbocycles. The van der Waals surface area contributed by atoms with Gasteiger partial charge in [0, 0.05) is 23.6 Å². The number of benzene rings is 2. The van der Waals surface area contributed by atoms with Crippen LogP contribution in [0.25, 0.3) is 6.08 Å². The zero-order valence-electron chi connectivity index (χ0n) is 20.7. The first-order valence-corrected chi connectivity index (χ1v) is 13.9. The molecule has 0 spiro atoms. The van der Waals surface area contributed by atoms with Gasteiger partial charge in [0.1, 0.15) is 17.1 Å². The summed E-state index contributed by atoms with van der Waals surface area (Å²) in [7, 11) is 0. The molecule has 0 bridgehead atoms. The Labute approximate surface area is 232 Å². The summed E-state index contributed by atoms with van der Waals surface area (Å²) in [5, 5.41) is 13.3. The molecule has 1 saturated heterocycles. The van der Waals surface area contributed by atoms with Gasteiger partial charge in [-0.2, -0.15) is 0 Å². The Kier molecular flexibility index (Phi) is 7.62. The van der Waals surface area contributed by atoms with Crippen LogP contribution in [0.4, 0.5) is 5.00 Å². The first-order valence-electron chi connectivity index (χ1n) is 12.0. The lowest BCUT2D eigenvalue weighted by molar-refractivity contribution is -0.380. The Bertz CT molecular complexity index is 1450. The van der Waals surface area contributed by atoms with E-state index in [1.54, 1.807) is 18.2 Å². The maximum Gasteiger partial charge on any atom is 0.356 e. The number of ether oxygens (including phenoxy) is 1. The standard InChI is InChI=1S/C28H23N3O6S2/c1-17(32)29-23-26(33)30-24(20(16-38-27(23)30)12-13-21-14-15-22(39-21)31(35)36)28(34)37-25(18-8-4-2-5-9-18)19-10-6-3-7-11-19/h2-15,23,25,27H,16H2,1H3,(H,29,32)/t23?,27-/m1/s1. The molecule has 0 radical (unpaired) electrons. The Balaban J connectivity index is 1.51. The van der Waals surface area contributed by atoms with Crippen LogP contribution in [0.1, 0.15) is 29.0 Å². The van der Waals surface area contributed by atoms with Gasteiger partial charge in [0.25, 0.3) is 5.91 Å². The monoisotopic (exact) mass is 561 g/mol. The van der Waals surface area contributed by atoms with Gasteiger partial charge in [-0.1, -0.05) is 78.1 Å². The highest BCUT2D eigenvalue weighted by Gasteiger charge is 2.54. The summed E-state index contributed by atoms with van der Waals surface area (Å²) >= 11 is 2.43. The number of nitro groups is 1. The molecule has 0 aliphatic carbocycles. The molecule has 2 aliphatic heterocycles. The molecule has 1 fully saturated rings. The van der Waals surface area contributed by atoms with E-state index in [9.17, 15) is 24.5 Å². The second-order valence-corrected chi connectivity index (χ2v) is 11.0. The normalized spacial score (nSPS) is 18.6. The lowest BCUT2D eigenvalue weighted by Gasteiger charge is -2.49. The first-order chi connectivity index (χ1) is 18.8. The van der Waals surface area contributed by atoms with E-state index in [2.05, 4.69) is 5.32 Å². The van der Waals surface area contributed by atoms with Crippen molar-refractivity contribution in [3.63, 3.8) is 0 Å². The zero-order chi connectivity index (χ0) is 27.5. The largest absolute Gasteiger partial charge is 0.448 e. The number of nitrogens with one attached hydrogen (secondary N) is 1. The van der Waals surface area contributed by atoms with Crippen molar-refractivity contribution in [2.24, 2.45) is 0 Å². The van der Waals surface area contributed by atoms with Gasteiger partial charge in [-0.15, -0.1) is 11.8 Å². The number of carbonyl (C=O) groups is 3. The number of thiophene rings is 1. The highest BCUT2D eigenvalue weighted by molar-refractivity contribution is 8.00. The molecule has 1 aromatic heterocycles. The predicted octanol–water partition coefficient (Wildman–Crippen LogP) is 4.68. The van der Waals surface area contributed by atoms with E-state index in [0.29, 0.717) is 16.2 Å². The van der Waals surface area contributed by atoms with Gasteiger partial charge in [0.05, 0.1) is 4.92 Å². The molecule has 1 N–H and O–H groups in total. The maximum atomic E-state index is 13.8. The van der Waals surface area contributed by atoms with Gasteiger partial charge in [-0.05, 0) is 28.8 Å². The number of esters is 1. The minimum absolute atomic E-state index is 0.00554. The van der Waals surface area contributed by atoms with Crippen LogP contribution in [0.15, 0.2) is 90.1 Å². The van der Waals surface area contributed by atoms with E-state index in [1.165, 1.54) is 29.7 Å². The van der Waals surface area contributed by atoms with Crippen molar-refractivity contribution in [3.8, 4) is 0 Å². The molecule has 3 aromatic rings. The van der Waals surface area contributed by atoms with Gasteiger partial charge >= 0.3 is 11.0 Å². The van der Waals surface area contributed by atoms with Crippen LogP contribution in [-0.2, 0) is 19.1 Å². The minimum atomic E-state index is -0.736. The summed E-state index contributed by atoms with van der Waals surface area (Å²) in [6.07, 6.45) is 2.66. The summed E-state index contributed by atoms with van der Waals surface area (Å²) in [6.45, 7) is 1.34. The second kappa shape index (κ2) is 11.3. The molecule has 1 unspecified atom stereocenters. The fourth-order valence-corrected chi connectivity index (χ4v) is 6.48. The van der Waals surface area contributed by atoms with Crippen LogP contribution in [0, 0.1) is 10.1 Å². The third kappa shape index (κ3) is 5.50. The average Bonchev–Trinajstić information content (AvgIpc) is 3.43. The van der Waals surface area contributed by atoms with E-state index < -0.39 is 34.3 Å². The number of rotatable bonds is 8. The van der Waals surface area contributed by atoms with Gasteiger partial charge in [-0.3, -0.25) is 24.6 Å². The average molecular weight is 562 g/mol. The van der Waals surface area contributed by atoms with Crippen molar-refractivity contribution in [1.82, 2.24) is 10.2 Å². The van der Waals surface area contributed by atoms with Crippen molar-refractivity contribution >= 4 is 52.0 Å². The molecule has 5 rings (SSSR count). The Hall–Kier alpha value is -4.22. The third-order valence-corrected chi connectivity index (χ3v) is 8.53. The topological polar surface area (TPSA) is 119 Å². The van der Waals surface area contributed by atoms with Crippen LogP contribution in [-0.4, -0.2) is 44.8 Å². The third-order valence-electron chi connectivity index (χ3n) is 6.22. The van der Waals surface area contributed by atoms with Crippen LogP contribution in [0.3, 0.4) is 0 Å². The maximum absolute atomic E-state index is 13.8. The van der Waals surface area contributed by atoms with Gasteiger partial charge in [0.2, 0.25) is 5.91 Å². The number of hydrogen-bond acceptors (Lipinski definition) is 8. The summed E-state index contributed by atoms with van der Waals surface area (Å²) in [5.74, 6) is -1.03. The number of β-lactam (4-membered cyclic amide) rings is 1. The molecular formula is C28H23N3O6S2. The lowest BCUT2D eigenvalue weighted by Crippen LogP contribution is -2.70. The van der Waals surface area contributed by atoms with Crippen LogP contribution in [0.2, 0.25) is 0 Å². The smallest absolute Gasteiger partial charge is 0.356 e. The summed E-state index contributed by atoms with van der Waals surface area (Å²) in [5.41, 5.74) is 2.19. The lowest BCUT2D eigenvalue weighted by atomic mass is 10.0. The molecular weight excluding hydrogens is 538 g/mol. The number of hydrogen-bond donors (Lipinski definition) is 1. The summed E-state index contributed by atoms with van der Waals surface area (Å²) in [4.78, 5) is 51.3. The van der Waals surface area contributed by atoms with Crippen molar-refractivity contribution in [3.05, 3.63) is 116 Å². The van der Waals surface area contributed by atoms with Gasteiger partial charge in [-0.25, -0.2) is 4.79 Å². The quantitative estimate of drug-likeness (QED) is 0.184. The molecule has 3 heterocycles. The second-order valence-electron chi connectivity index (χ2n) is 8.84. The molecule has 11 heteroatoms. The van der Waals surface area contributed by atoms with Crippen LogP contribution in [0.5, 0.6) is 0 Å². The molecule has 198 valence electrons. The minimum Gasteiger partial charge on any atom is -0.448 e. The fourth-order valence-electron chi connectivity index (χ4n) is 4.44. The molecule has 9 nitrogen and oxygen atoms in total. The number of allylic oxidation sites excluding steroid dienone is 1. The Morgan fingerprint density at radius 2 is 1.69 bits per heavy atom. The molecule has 2 amide bonds. The van der Waals surface area contributed by atoms with E-state index in [-0.39, 0.29) is 16.6 Å². The first kappa shape index (κ1) is 26.4. The summed E-state index contributed by atoms with van der Waals surface area (Å²) < 4.78 is 6.09. The van der Waals surface area contributed by atoms with Crippen molar-refractivity contribution in [2.45, 2.75) is 24.4 Å². The van der Waals surface area contributed by atoms with Crippen molar-refractivity contribution in [2.75, 3.05) is 5.75 Å². The Morgan fingerprint density at radius 3 is 2.26 bits per heavy atom. The van der Waals surface area contributed by atoms with Crippen molar-refractivity contribution < 1.29 is 24.0 Å². The number of amides is 2. The Morgan fingerprint density at radius 1 is 1.05 bits per heavy atom. The molecule has 2 atom stereocenters. The number of nitrogens with zero attached hydrogens (tertiary/aromatic N) is 2. The van der Waals surface area contributed by atoms with E-state index in [1.807, 2.05) is 60.7 Å². The highest BCUT2D eigenvalue weighted by Crippen LogP contribution is 2.42. The number of thioether (sulfide) groups is 1. The number of carbonyl (C=O) groups excluding carboxylic acids is 3. The van der Waals surface area contributed by atoms with E-state index in [4.69, 9.17) is 4.74 Å². The summed E-state index contributed by atoms with van der Waals surface area (Å²) in [6, 6.07) is 20.9. The number of fused-ring (bicyclic) bond motifs is 1. The fraction of sp³-hybridized carbons (Fsp3) is 0.179. The zero-order valence-corrected chi connectivity index (χ0v) is 22.3. The van der Waals surface area contributed by atoms with Gasteiger partial charge < -0.3 is 10.1 Å². The predicted molar refractivity (Wildman–Crippen MR) is 149 cm³/mol. The van der Waals surface area contributed by atoms with Crippen LogP contribution >= 0.6 is 23.1 Å². The van der Waals surface area contributed by atoms with Gasteiger partial charge in [0.15, 0.2) is 6.10 Å². The molecule has 39 heavy (non-hydrogen) atoms.